The Morgan fingerprint density at radius 1 is 1.05 bits per heavy atom. The van der Waals surface area contributed by atoms with Gasteiger partial charge in [0, 0.05) is 31.0 Å². The molecule has 0 bridgehead atoms. The Balaban J connectivity index is 1.31. The Kier molecular flexibility index (Phi) is 9.62. The molecular formula is C33H40F3N5O3. The third kappa shape index (κ3) is 7.80. The first-order chi connectivity index (χ1) is 21.0. The minimum absolute atomic E-state index is 0.0413. The van der Waals surface area contributed by atoms with Crippen molar-refractivity contribution < 1.29 is 27.4 Å². The Morgan fingerprint density at radius 2 is 1.77 bits per heavy atom. The number of alkyl carbamates (subject to hydrolysis) is 1. The molecule has 3 heterocycles. The highest BCUT2D eigenvalue weighted by molar-refractivity contribution is 5.68. The average molecular weight is 612 g/mol. The molecule has 2 aromatic heterocycles. The number of morpholine rings is 1. The molecule has 1 amide bonds. The molecule has 0 spiro atoms. The lowest BCUT2D eigenvalue weighted by atomic mass is 9.76. The highest BCUT2D eigenvalue weighted by Crippen LogP contribution is 2.39. The molecule has 1 saturated carbocycles. The summed E-state index contributed by atoms with van der Waals surface area (Å²) in [5.41, 5.74) is 1.16. The maximum absolute atomic E-state index is 15.2. The van der Waals surface area contributed by atoms with Crippen molar-refractivity contribution in [2.24, 2.45) is 5.92 Å². The summed E-state index contributed by atoms with van der Waals surface area (Å²) in [6.45, 7) is 9.83. The monoisotopic (exact) mass is 611 g/mol. The smallest absolute Gasteiger partial charge is 0.407 e. The molecule has 3 aromatic rings. The number of nitrogens with one attached hydrogen (secondary N) is 2. The molecule has 236 valence electrons. The summed E-state index contributed by atoms with van der Waals surface area (Å²) in [6.07, 6.45) is 5.55. The van der Waals surface area contributed by atoms with E-state index in [0.29, 0.717) is 43.6 Å². The van der Waals surface area contributed by atoms with Crippen molar-refractivity contribution in [3.05, 3.63) is 71.4 Å². The molecular weight excluding hydrogens is 571 g/mol. The van der Waals surface area contributed by atoms with Crippen LogP contribution >= 0.6 is 0 Å². The van der Waals surface area contributed by atoms with Crippen molar-refractivity contribution in [3.63, 3.8) is 0 Å². The molecule has 2 N–H and O–H groups in total. The third-order valence-corrected chi connectivity index (χ3v) is 7.96. The molecule has 2 aliphatic rings. The molecule has 3 atom stereocenters. The predicted molar refractivity (Wildman–Crippen MR) is 163 cm³/mol. The fourth-order valence-electron chi connectivity index (χ4n) is 6.09. The van der Waals surface area contributed by atoms with E-state index in [0.717, 1.165) is 30.5 Å². The zero-order valence-corrected chi connectivity index (χ0v) is 25.6. The van der Waals surface area contributed by atoms with Crippen molar-refractivity contribution in [3.8, 4) is 11.3 Å². The summed E-state index contributed by atoms with van der Waals surface area (Å²) in [7, 11) is 0. The summed E-state index contributed by atoms with van der Waals surface area (Å²) >= 11 is 0. The van der Waals surface area contributed by atoms with Crippen LogP contribution in [0.15, 0.2) is 42.7 Å². The van der Waals surface area contributed by atoms with Gasteiger partial charge in [0.1, 0.15) is 28.7 Å². The van der Waals surface area contributed by atoms with E-state index in [9.17, 15) is 9.18 Å². The zero-order valence-electron chi connectivity index (χ0n) is 25.6. The van der Waals surface area contributed by atoms with Gasteiger partial charge < -0.3 is 25.0 Å². The van der Waals surface area contributed by atoms with Gasteiger partial charge in [0.25, 0.3) is 0 Å². The van der Waals surface area contributed by atoms with Gasteiger partial charge in [-0.15, -0.1) is 0 Å². The molecule has 44 heavy (non-hydrogen) atoms. The number of hydrogen-bond acceptors (Lipinski definition) is 7. The molecule has 0 unspecified atom stereocenters. The van der Waals surface area contributed by atoms with Gasteiger partial charge in [-0.2, -0.15) is 0 Å². The first-order valence-electron chi connectivity index (χ1n) is 15.1. The van der Waals surface area contributed by atoms with E-state index in [2.05, 4.69) is 27.5 Å². The van der Waals surface area contributed by atoms with Gasteiger partial charge >= 0.3 is 6.09 Å². The molecule has 0 radical (unpaired) electrons. The van der Waals surface area contributed by atoms with Crippen molar-refractivity contribution in [1.82, 2.24) is 15.3 Å². The molecule has 1 aromatic carbocycles. The predicted octanol–water partition coefficient (Wildman–Crippen LogP) is 6.81. The number of hydrogen-bond donors (Lipinski definition) is 2. The van der Waals surface area contributed by atoms with Gasteiger partial charge in [-0.05, 0) is 87.8 Å². The number of carbonyl (C=O) groups is 1. The largest absolute Gasteiger partial charge is 0.444 e. The lowest BCUT2D eigenvalue weighted by Crippen LogP contribution is -2.42. The molecule has 5 rings (SSSR count). The minimum atomic E-state index is -0.876. The number of anilines is 2. The van der Waals surface area contributed by atoms with E-state index in [4.69, 9.17) is 9.47 Å². The summed E-state index contributed by atoms with van der Waals surface area (Å²) in [5, 5.41) is 6.37. The van der Waals surface area contributed by atoms with Crippen molar-refractivity contribution in [2.75, 3.05) is 36.5 Å². The normalized spacial score (nSPS) is 20.7. The van der Waals surface area contributed by atoms with Crippen molar-refractivity contribution in [2.45, 2.75) is 71.1 Å². The van der Waals surface area contributed by atoms with E-state index in [1.54, 1.807) is 12.4 Å². The van der Waals surface area contributed by atoms with Gasteiger partial charge in [0.2, 0.25) is 0 Å². The van der Waals surface area contributed by atoms with Crippen LogP contribution in [-0.2, 0) is 16.0 Å². The topological polar surface area (TPSA) is 88.6 Å². The van der Waals surface area contributed by atoms with Crippen molar-refractivity contribution in [1.29, 1.82) is 0 Å². The maximum atomic E-state index is 15.2. The van der Waals surface area contributed by atoms with Gasteiger partial charge in [-0.25, -0.2) is 22.9 Å². The standard InChI is InChI=1S/C33H40F3N5O3/c1-20-13-21(15-23(14-20)40-32(42)44-33(2,3)4)25-7-8-37-19-29(25)38-18-22-5-6-26(34)31(39-22)30-27(35)16-24(17-28(30)36)41-9-11-43-12-10-41/h5-8,16-17,19-21,23,38H,9-15,18H2,1-4H3,(H,40,42)/t20-,21+,23-/m0/s1. The van der Waals surface area contributed by atoms with Crippen LogP contribution in [0.3, 0.4) is 0 Å². The van der Waals surface area contributed by atoms with Crippen LogP contribution in [0.2, 0.25) is 0 Å². The number of ether oxygens (including phenoxy) is 2. The van der Waals surface area contributed by atoms with Crippen LogP contribution < -0.4 is 15.5 Å². The minimum Gasteiger partial charge on any atom is -0.444 e. The summed E-state index contributed by atoms with van der Waals surface area (Å²) < 4.78 is 56.2. The third-order valence-electron chi connectivity index (χ3n) is 7.96. The van der Waals surface area contributed by atoms with Gasteiger partial charge in [0.15, 0.2) is 0 Å². The Labute approximate surface area is 256 Å². The summed E-state index contributed by atoms with van der Waals surface area (Å²) in [4.78, 5) is 22.9. The second kappa shape index (κ2) is 13.4. The Morgan fingerprint density at radius 3 is 2.48 bits per heavy atom. The fraction of sp³-hybridized carbons (Fsp3) is 0.485. The first-order valence-corrected chi connectivity index (χ1v) is 15.1. The second-order valence-corrected chi connectivity index (χ2v) is 12.7. The highest BCUT2D eigenvalue weighted by Gasteiger charge is 2.31. The van der Waals surface area contributed by atoms with Crippen LogP contribution in [0.4, 0.5) is 29.3 Å². The van der Waals surface area contributed by atoms with E-state index in [1.807, 2.05) is 31.7 Å². The molecule has 11 heteroatoms. The van der Waals surface area contributed by atoms with Crippen LogP contribution in [0.5, 0.6) is 0 Å². The number of amides is 1. The quantitative estimate of drug-likeness (QED) is 0.304. The first kappa shape index (κ1) is 31.6. The summed E-state index contributed by atoms with van der Waals surface area (Å²) in [5.74, 6) is -2.05. The molecule has 1 aliphatic heterocycles. The lowest BCUT2D eigenvalue weighted by molar-refractivity contribution is 0.0482. The van der Waals surface area contributed by atoms with E-state index in [1.165, 1.54) is 24.3 Å². The number of rotatable bonds is 7. The fourth-order valence-corrected chi connectivity index (χ4v) is 6.09. The lowest BCUT2D eigenvalue weighted by Gasteiger charge is -2.35. The SMILES string of the molecule is C[C@@H]1C[C@H](NC(=O)OC(C)(C)C)C[C@H](c2ccncc2NCc2ccc(F)c(-c3c(F)cc(N4CCOCC4)cc3F)n2)C1. The number of carbonyl (C=O) groups excluding carboxylic acids is 1. The number of benzene rings is 1. The van der Waals surface area contributed by atoms with E-state index in [-0.39, 0.29) is 24.2 Å². The van der Waals surface area contributed by atoms with Gasteiger partial charge in [0.05, 0.1) is 42.9 Å². The number of halogens is 3. The maximum Gasteiger partial charge on any atom is 0.407 e. The average Bonchev–Trinajstić information content (AvgIpc) is 2.96. The van der Waals surface area contributed by atoms with E-state index < -0.39 is 34.7 Å². The zero-order chi connectivity index (χ0) is 31.4. The summed E-state index contributed by atoms with van der Waals surface area (Å²) in [6, 6.07) is 7.01. The van der Waals surface area contributed by atoms with Crippen LogP contribution in [0, 0.1) is 23.4 Å². The number of nitrogens with zero attached hydrogens (tertiary/aromatic N) is 3. The molecule has 1 aliphatic carbocycles. The highest BCUT2D eigenvalue weighted by atomic mass is 19.1. The Bertz CT molecular complexity index is 1450. The molecule has 8 nitrogen and oxygen atoms in total. The molecule has 1 saturated heterocycles. The number of pyridine rings is 2. The van der Waals surface area contributed by atoms with Crippen molar-refractivity contribution >= 4 is 17.5 Å². The second-order valence-electron chi connectivity index (χ2n) is 12.7. The van der Waals surface area contributed by atoms with Crippen LogP contribution in [0.25, 0.3) is 11.3 Å². The number of aromatic nitrogens is 2. The molecule has 2 fully saturated rings. The van der Waals surface area contributed by atoms with E-state index >= 15 is 8.78 Å². The van der Waals surface area contributed by atoms with Gasteiger partial charge in [-0.1, -0.05) is 6.92 Å². The van der Waals surface area contributed by atoms with Crippen LogP contribution in [-0.4, -0.2) is 54.0 Å². The Hall–Kier alpha value is -3.86. The van der Waals surface area contributed by atoms with Gasteiger partial charge in [-0.3, -0.25) is 4.98 Å². The van der Waals surface area contributed by atoms with Crippen LogP contribution in [0.1, 0.15) is 64.1 Å².